The molecule has 1 aromatic heterocycles. The van der Waals surface area contributed by atoms with E-state index in [0.717, 1.165) is 6.08 Å². The van der Waals surface area contributed by atoms with E-state index < -0.39 is 12.1 Å². The van der Waals surface area contributed by atoms with Gasteiger partial charge in [0.05, 0.1) is 17.3 Å². The number of hydrogen-bond acceptors (Lipinski definition) is 3. The highest BCUT2D eigenvalue weighted by atomic mass is 35.5. The molecule has 0 fully saturated rings. The Hall–Kier alpha value is -2.84. The summed E-state index contributed by atoms with van der Waals surface area (Å²) >= 11 is 11.7. The van der Waals surface area contributed by atoms with Crippen molar-refractivity contribution in [3.8, 4) is 5.69 Å². The summed E-state index contributed by atoms with van der Waals surface area (Å²) in [6, 6.07) is 8.61. The maximum atomic E-state index is 13.7. The third-order valence-electron chi connectivity index (χ3n) is 4.07. The van der Waals surface area contributed by atoms with Crippen LogP contribution in [0, 0.1) is 0 Å². The molecule has 0 radical (unpaired) electrons. The Balaban J connectivity index is 1.98. The van der Waals surface area contributed by atoms with Gasteiger partial charge in [0.1, 0.15) is 12.7 Å². The van der Waals surface area contributed by atoms with Crippen LogP contribution in [0.15, 0.2) is 55.1 Å². The van der Waals surface area contributed by atoms with Crippen LogP contribution in [-0.2, 0) is 4.79 Å². The molecule has 5 nitrogen and oxygen atoms in total. The number of allylic oxidation sites excluding steroid dienone is 1. The number of nitrogens with one attached hydrogen (secondary N) is 1. The minimum Gasteiger partial charge on any atom is -0.324 e. The summed E-state index contributed by atoms with van der Waals surface area (Å²) in [5.41, 5.74) is 1.28. The van der Waals surface area contributed by atoms with Gasteiger partial charge in [-0.3, -0.25) is 4.79 Å². The molecule has 0 aliphatic rings. The molecule has 1 N–H and O–H groups in total. The Morgan fingerprint density at radius 1 is 1.17 bits per heavy atom. The van der Waals surface area contributed by atoms with Gasteiger partial charge in [-0.1, -0.05) is 41.4 Å². The monoisotopic (exact) mass is 454 g/mol. The summed E-state index contributed by atoms with van der Waals surface area (Å²) in [5.74, 6) is -2.24. The van der Waals surface area contributed by atoms with Crippen LogP contribution in [0.25, 0.3) is 11.8 Å². The fourth-order valence-electron chi connectivity index (χ4n) is 2.85. The largest absolute Gasteiger partial charge is 0.399 e. The van der Waals surface area contributed by atoms with Gasteiger partial charge in [-0.05, 0) is 41.5 Å². The Kier molecular flexibility index (Phi) is 6.48. The zero-order chi connectivity index (χ0) is 21.9. The van der Waals surface area contributed by atoms with Crippen molar-refractivity contribution in [3.05, 3.63) is 76.3 Å². The van der Waals surface area contributed by atoms with E-state index in [0.29, 0.717) is 16.9 Å². The van der Waals surface area contributed by atoms with Gasteiger partial charge >= 0.3 is 6.18 Å². The quantitative estimate of drug-likeness (QED) is 0.522. The molecule has 2 aromatic carbocycles. The van der Waals surface area contributed by atoms with Crippen molar-refractivity contribution >= 4 is 40.9 Å². The summed E-state index contributed by atoms with van der Waals surface area (Å²) < 4.78 is 42.4. The standard InChI is InChI=1S/C20H15Cl2F3N4O/c1-12(30)28-18-6-13(3-5-19(18)29-11-26-10-27-29)2-4-17(20(23,24)25)14-7-15(21)9-16(22)8-14/h2-11,17H,1H3,(H,28,30)/b4-2+. The zero-order valence-corrected chi connectivity index (χ0v) is 17.0. The third-order valence-corrected chi connectivity index (χ3v) is 4.51. The number of carbonyl (C=O) groups excluding carboxylic acids is 1. The van der Waals surface area contributed by atoms with Crippen molar-refractivity contribution in [1.29, 1.82) is 0 Å². The maximum absolute atomic E-state index is 13.7. The molecule has 0 spiro atoms. The highest BCUT2D eigenvalue weighted by Crippen LogP contribution is 2.38. The Morgan fingerprint density at radius 3 is 2.43 bits per heavy atom. The smallest absolute Gasteiger partial charge is 0.324 e. The molecule has 1 atom stereocenters. The third kappa shape index (κ3) is 5.40. The predicted molar refractivity (Wildman–Crippen MR) is 110 cm³/mol. The maximum Gasteiger partial charge on any atom is 0.399 e. The highest BCUT2D eigenvalue weighted by Gasteiger charge is 2.39. The fraction of sp³-hybridized carbons (Fsp3) is 0.150. The predicted octanol–water partition coefficient (Wildman–Crippen LogP) is 5.89. The number of nitrogens with zero attached hydrogens (tertiary/aromatic N) is 3. The van der Waals surface area contributed by atoms with Crippen molar-refractivity contribution < 1.29 is 18.0 Å². The molecule has 10 heteroatoms. The molecule has 1 amide bonds. The lowest BCUT2D eigenvalue weighted by molar-refractivity contribution is -0.139. The van der Waals surface area contributed by atoms with Crippen molar-refractivity contribution in [2.75, 3.05) is 5.32 Å². The van der Waals surface area contributed by atoms with Crippen LogP contribution >= 0.6 is 23.2 Å². The number of benzene rings is 2. The second-order valence-corrected chi connectivity index (χ2v) is 7.25. The first-order chi connectivity index (χ1) is 14.1. The fourth-order valence-corrected chi connectivity index (χ4v) is 3.39. The molecule has 0 saturated heterocycles. The number of anilines is 1. The van der Waals surface area contributed by atoms with Gasteiger partial charge in [0.2, 0.25) is 5.91 Å². The molecular weight excluding hydrogens is 440 g/mol. The normalized spacial score (nSPS) is 12.9. The van der Waals surface area contributed by atoms with Crippen molar-refractivity contribution in [1.82, 2.24) is 14.8 Å². The molecule has 0 aliphatic carbocycles. The molecule has 156 valence electrons. The molecule has 0 bridgehead atoms. The van der Waals surface area contributed by atoms with E-state index in [1.807, 2.05) is 0 Å². The first kappa shape index (κ1) is 21.9. The minimum atomic E-state index is -4.55. The second kappa shape index (κ2) is 8.89. The van der Waals surface area contributed by atoms with E-state index in [1.54, 1.807) is 18.2 Å². The average molecular weight is 455 g/mol. The first-order valence-electron chi connectivity index (χ1n) is 8.61. The van der Waals surface area contributed by atoms with Gasteiger partial charge in [-0.2, -0.15) is 18.3 Å². The summed E-state index contributed by atoms with van der Waals surface area (Å²) in [6.07, 6.45) is 0.563. The van der Waals surface area contributed by atoms with E-state index in [9.17, 15) is 18.0 Å². The number of halogens is 5. The van der Waals surface area contributed by atoms with E-state index in [4.69, 9.17) is 23.2 Å². The summed E-state index contributed by atoms with van der Waals surface area (Å²) in [4.78, 5) is 15.4. The average Bonchev–Trinajstić information content (AvgIpc) is 3.14. The SMILES string of the molecule is CC(=O)Nc1cc(/C=C/C(c2cc(Cl)cc(Cl)c2)C(F)(F)F)ccc1-n1cncn1. The zero-order valence-electron chi connectivity index (χ0n) is 15.5. The molecule has 0 aliphatic heterocycles. The van der Waals surface area contributed by atoms with Gasteiger partial charge in [0.15, 0.2) is 0 Å². The first-order valence-corrected chi connectivity index (χ1v) is 9.36. The number of alkyl halides is 3. The van der Waals surface area contributed by atoms with Crippen LogP contribution in [0.4, 0.5) is 18.9 Å². The van der Waals surface area contributed by atoms with Crippen LogP contribution in [0.1, 0.15) is 24.0 Å². The molecule has 1 heterocycles. The number of amides is 1. The van der Waals surface area contributed by atoms with Crippen LogP contribution in [0.2, 0.25) is 10.0 Å². The number of hydrogen-bond donors (Lipinski definition) is 1. The molecule has 30 heavy (non-hydrogen) atoms. The van der Waals surface area contributed by atoms with E-state index in [-0.39, 0.29) is 21.5 Å². The van der Waals surface area contributed by atoms with Gasteiger partial charge in [0.25, 0.3) is 0 Å². The second-order valence-electron chi connectivity index (χ2n) is 6.38. The lowest BCUT2D eigenvalue weighted by Crippen LogP contribution is -2.18. The van der Waals surface area contributed by atoms with Crippen LogP contribution in [0.3, 0.4) is 0 Å². The van der Waals surface area contributed by atoms with E-state index in [1.165, 1.54) is 48.5 Å². The summed E-state index contributed by atoms with van der Waals surface area (Å²) in [6.45, 7) is 1.33. The molecule has 3 rings (SSSR count). The summed E-state index contributed by atoms with van der Waals surface area (Å²) in [5, 5.41) is 6.89. The molecule has 3 aromatic rings. The molecule has 0 saturated carbocycles. The molecule has 1 unspecified atom stereocenters. The Bertz CT molecular complexity index is 1060. The van der Waals surface area contributed by atoms with Gasteiger partial charge < -0.3 is 5.32 Å². The van der Waals surface area contributed by atoms with Gasteiger partial charge in [-0.15, -0.1) is 0 Å². The number of carbonyl (C=O) groups is 1. The summed E-state index contributed by atoms with van der Waals surface area (Å²) in [7, 11) is 0. The minimum absolute atomic E-state index is 0.0717. The lowest BCUT2D eigenvalue weighted by Gasteiger charge is -2.18. The van der Waals surface area contributed by atoms with E-state index >= 15 is 0 Å². The topological polar surface area (TPSA) is 59.8 Å². The van der Waals surface area contributed by atoms with Crippen molar-refractivity contribution in [2.45, 2.75) is 19.0 Å². The van der Waals surface area contributed by atoms with E-state index in [2.05, 4.69) is 15.4 Å². The van der Waals surface area contributed by atoms with Gasteiger partial charge in [0, 0.05) is 17.0 Å². The Labute approximate surface area is 180 Å². The van der Waals surface area contributed by atoms with Crippen LogP contribution < -0.4 is 5.32 Å². The number of aromatic nitrogens is 3. The van der Waals surface area contributed by atoms with Crippen molar-refractivity contribution in [3.63, 3.8) is 0 Å². The van der Waals surface area contributed by atoms with Crippen molar-refractivity contribution in [2.24, 2.45) is 0 Å². The number of rotatable bonds is 5. The lowest BCUT2D eigenvalue weighted by atomic mass is 9.97. The van der Waals surface area contributed by atoms with Crippen LogP contribution in [0.5, 0.6) is 0 Å². The van der Waals surface area contributed by atoms with Crippen LogP contribution in [-0.4, -0.2) is 26.8 Å². The highest BCUT2D eigenvalue weighted by molar-refractivity contribution is 6.34. The van der Waals surface area contributed by atoms with Gasteiger partial charge in [-0.25, -0.2) is 9.67 Å². The Morgan fingerprint density at radius 2 is 1.87 bits per heavy atom. The molecular formula is C20H15Cl2F3N4O.